The molecular formula is C15H19N3O2. The number of fused-ring (bicyclic) bond motifs is 1. The summed E-state index contributed by atoms with van der Waals surface area (Å²) in [5.74, 6) is 0. The number of hydrogen-bond acceptors (Lipinski definition) is 4. The molecule has 2 aromatic rings. The largest absolute Gasteiger partial charge is 0.450 e. The molecule has 1 unspecified atom stereocenters. The first-order chi connectivity index (χ1) is 9.65. The van der Waals surface area contributed by atoms with Crippen molar-refractivity contribution in [1.29, 1.82) is 0 Å². The number of rotatable bonds is 4. The summed E-state index contributed by atoms with van der Waals surface area (Å²) in [5, 5.41) is 3.78. The predicted molar refractivity (Wildman–Crippen MR) is 78.4 cm³/mol. The Morgan fingerprint density at radius 1 is 1.45 bits per heavy atom. The molecule has 1 amide bonds. The van der Waals surface area contributed by atoms with Gasteiger partial charge >= 0.3 is 6.09 Å². The number of aryl methyl sites for hydroxylation is 1. The molecule has 0 aliphatic carbocycles. The highest BCUT2D eigenvalue weighted by molar-refractivity contribution is 5.83. The van der Waals surface area contributed by atoms with Crippen molar-refractivity contribution in [3.63, 3.8) is 0 Å². The highest BCUT2D eigenvalue weighted by atomic mass is 16.5. The minimum absolute atomic E-state index is 0.291. The molecule has 0 spiro atoms. The SMILES string of the molecule is CCOC(=O)NC(CN)c1cc(C)nc2ccccc12. The molecular weight excluding hydrogens is 254 g/mol. The standard InChI is InChI=1S/C15H19N3O2/c1-3-20-15(19)18-14(9-16)12-8-10(2)17-13-7-5-4-6-11(12)13/h4-8,14H,3,9,16H2,1-2H3,(H,18,19). The number of benzene rings is 1. The first-order valence-corrected chi connectivity index (χ1v) is 6.65. The van der Waals surface area contributed by atoms with Crippen molar-refractivity contribution in [2.75, 3.05) is 13.2 Å². The van der Waals surface area contributed by atoms with E-state index in [4.69, 9.17) is 10.5 Å². The molecule has 0 aliphatic rings. The van der Waals surface area contributed by atoms with Crippen LogP contribution in [0.3, 0.4) is 0 Å². The lowest BCUT2D eigenvalue weighted by atomic mass is 10.0. The number of ether oxygens (including phenoxy) is 1. The van der Waals surface area contributed by atoms with Crippen molar-refractivity contribution in [3.05, 3.63) is 41.6 Å². The lowest BCUT2D eigenvalue weighted by Crippen LogP contribution is -2.34. The van der Waals surface area contributed by atoms with Gasteiger partial charge in [0.1, 0.15) is 0 Å². The summed E-state index contributed by atoms with van der Waals surface area (Å²) in [6.45, 7) is 4.32. The number of aromatic nitrogens is 1. The molecule has 1 heterocycles. The van der Waals surface area contributed by atoms with E-state index in [-0.39, 0.29) is 6.04 Å². The van der Waals surface area contributed by atoms with Crippen molar-refractivity contribution in [1.82, 2.24) is 10.3 Å². The first-order valence-electron chi connectivity index (χ1n) is 6.65. The molecule has 20 heavy (non-hydrogen) atoms. The smallest absolute Gasteiger partial charge is 0.407 e. The Kier molecular flexibility index (Phi) is 4.53. The molecule has 1 aromatic carbocycles. The molecule has 2 rings (SSSR count). The van der Waals surface area contributed by atoms with E-state index in [0.29, 0.717) is 13.2 Å². The molecule has 0 saturated heterocycles. The third-order valence-electron chi connectivity index (χ3n) is 3.05. The van der Waals surface area contributed by atoms with Crippen molar-refractivity contribution in [2.45, 2.75) is 19.9 Å². The molecule has 0 aliphatic heterocycles. The number of nitrogens with two attached hydrogens (primary N) is 1. The van der Waals surface area contributed by atoms with Gasteiger partial charge in [0.05, 0.1) is 18.2 Å². The molecule has 0 fully saturated rings. The van der Waals surface area contributed by atoms with Crippen LogP contribution in [-0.2, 0) is 4.74 Å². The van der Waals surface area contributed by atoms with E-state index in [1.807, 2.05) is 37.3 Å². The van der Waals surface area contributed by atoms with Gasteiger partial charge in [-0.05, 0) is 31.5 Å². The lowest BCUT2D eigenvalue weighted by molar-refractivity contribution is 0.148. The fourth-order valence-electron chi connectivity index (χ4n) is 2.21. The summed E-state index contributed by atoms with van der Waals surface area (Å²) in [6.07, 6.45) is -0.457. The van der Waals surface area contributed by atoms with E-state index < -0.39 is 6.09 Å². The molecule has 106 valence electrons. The summed E-state index contributed by atoms with van der Waals surface area (Å²) in [5.41, 5.74) is 8.55. The number of carbonyl (C=O) groups is 1. The second-order valence-corrected chi connectivity index (χ2v) is 4.52. The molecule has 3 N–H and O–H groups in total. The van der Waals surface area contributed by atoms with Gasteiger partial charge in [-0.1, -0.05) is 18.2 Å². The average molecular weight is 273 g/mol. The monoisotopic (exact) mass is 273 g/mol. The van der Waals surface area contributed by atoms with Gasteiger partial charge in [0.15, 0.2) is 0 Å². The van der Waals surface area contributed by atoms with E-state index in [2.05, 4.69) is 10.3 Å². The second-order valence-electron chi connectivity index (χ2n) is 4.52. The number of alkyl carbamates (subject to hydrolysis) is 1. The lowest BCUT2D eigenvalue weighted by Gasteiger charge is -2.19. The van der Waals surface area contributed by atoms with Crippen LogP contribution in [0.2, 0.25) is 0 Å². The van der Waals surface area contributed by atoms with Crippen LogP contribution in [-0.4, -0.2) is 24.2 Å². The summed E-state index contributed by atoms with van der Waals surface area (Å²) in [4.78, 5) is 16.1. The Bertz CT molecular complexity index is 613. The van der Waals surface area contributed by atoms with E-state index in [0.717, 1.165) is 22.2 Å². The van der Waals surface area contributed by atoms with Gasteiger partial charge in [0.25, 0.3) is 0 Å². The number of nitrogens with zero attached hydrogens (tertiary/aromatic N) is 1. The van der Waals surface area contributed by atoms with Crippen LogP contribution in [0.1, 0.15) is 24.2 Å². The number of amides is 1. The van der Waals surface area contributed by atoms with Crippen LogP contribution in [0.15, 0.2) is 30.3 Å². The maximum Gasteiger partial charge on any atom is 0.407 e. The number of carbonyl (C=O) groups excluding carboxylic acids is 1. The van der Waals surface area contributed by atoms with Crippen molar-refractivity contribution >= 4 is 17.0 Å². The second kappa shape index (κ2) is 6.34. The van der Waals surface area contributed by atoms with Crippen molar-refractivity contribution in [2.24, 2.45) is 5.73 Å². The third-order valence-corrected chi connectivity index (χ3v) is 3.05. The molecule has 5 nitrogen and oxygen atoms in total. The van der Waals surface area contributed by atoms with Crippen LogP contribution in [0.4, 0.5) is 4.79 Å². The summed E-state index contributed by atoms with van der Waals surface area (Å²) in [7, 11) is 0. The highest BCUT2D eigenvalue weighted by Gasteiger charge is 2.17. The van der Waals surface area contributed by atoms with Gasteiger partial charge in [0, 0.05) is 17.6 Å². The normalized spacial score (nSPS) is 12.2. The number of para-hydroxylation sites is 1. The zero-order valence-corrected chi connectivity index (χ0v) is 11.7. The van der Waals surface area contributed by atoms with Crippen LogP contribution in [0.25, 0.3) is 10.9 Å². The van der Waals surface area contributed by atoms with Crippen LogP contribution in [0.5, 0.6) is 0 Å². The predicted octanol–water partition coefficient (Wildman–Crippen LogP) is 2.29. The minimum Gasteiger partial charge on any atom is -0.450 e. The molecule has 0 saturated carbocycles. The third kappa shape index (κ3) is 3.05. The van der Waals surface area contributed by atoms with Gasteiger partial charge < -0.3 is 15.8 Å². The maximum atomic E-state index is 11.6. The van der Waals surface area contributed by atoms with Crippen LogP contribution in [0, 0.1) is 6.92 Å². The number of nitrogens with one attached hydrogen (secondary N) is 1. The average Bonchev–Trinajstić information content (AvgIpc) is 2.44. The fourth-order valence-corrected chi connectivity index (χ4v) is 2.21. The van der Waals surface area contributed by atoms with Gasteiger partial charge in [-0.25, -0.2) is 4.79 Å². The van der Waals surface area contributed by atoms with Crippen molar-refractivity contribution < 1.29 is 9.53 Å². The molecule has 0 bridgehead atoms. The van der Waals surface area contributed by atoms with Crippen molar-refractivity contribution in [3.8, 4) is 0 Å². The number of hydrogen-bond donors (Lipinski definition) is 2. The van der Waals surface area contributed by atoms with Gasteiger partial charge in [-0.3, -0.25) is 4.98 Å². The van der Waals surface area contributed by atoms with Gasteiger partial charge in [-0.15, -0.1) is 0 Å². The molecule has 1 atom stereocenters. The maximum absolute atomic E-state index is 11.6. The number of pyridine rings is 1. The molecule has 5 heteroatoms. The Labute approximate surface area is 118 Å². The molecule has 1 aromatic heterocycles. The van der Waals surface area contributed by atoms with Gasteiger partial charge in [0.2, 0.25) is 0 Å². The topological polar surface area (TPSA) is 77.2 Å². The quantitative estimate of drug-likeness (QED) is 0.896. The van der Waals surface area contributed by atoms with E-state index in [1.165, 1.54) is 0 Å². The van der Waals surface area contributed by atoms with E-state index in [1.54, 1.807) is 6.92 Å². The first kappa shape index (κ1) is 14.3. The molecule has 0 radical (unpaired) electrons. The Morgan fingerprint density at radius 3 is 2.90 bits per heavy atom. The van der Waals surface area contributed by atoms with E-state index >= 15 is 0 Å². The van der Waals surface area contributed by atoms with E-state index in [9.17, 15) is 4.79 Å². The summed E-state index contributed by atoms with van der Waals surface area (Å²) < 4.78 is 4.92. The Hall–Kier alpha value is -2.14. The fraction of sp³-hybridized carbons (Fsp3) is 0.333. The summed E-state index contributed by atoms with van der Waals surface area (Å²) in [6, 6.07) is 9.47. The Morgan fingerprint density at radius 2 is 2.20 bits per heavy atom. The highest BCUT2D eigenvalue weighted by Crippen LogP contribution is 2.23. The minimum atomic E-state index is -0.457. The van der Waals surface area contributed by atoms with Crippen LogP contribution < -0.4 is 11.1 Å². The zero-order chi connectivity index (χ0) is 14.5. The van der Waals surface area contributed by atoms with Crippen LogP contribution >= 0.6 is 0 Å². The van der Waals surface area contributed by atoms with Gasteiger partial charge in [-0.2, -0.15) is 0 Å². The summed E-state index contributed by atoms with van der Waals surface area (Å²) >= 11 is 0. The zero-order valence-electron chi connectivity index (χ0n) is 11.7. The Balaban J connectivity index is 2.40.